The molecule has 8 aromatic carbocycles. The molecule has 0 saturated carbocycles. The van der Waals surface area contributed by atoms with Gasteiger partial charge in [0.2, 0.25) is 34.2 Å². The van der Waals surface area contributed by atoms with Crippen molar-refractivity contribution >= 4 is 46.4 Å². The van der Waals surface area contributed by atoms with Gasteiger partial charge in [0.25, 0.3) is 0 Å². The summed E-state index contributed by atoms with van der Waals surface area (Å²) in [6, 6.07) is 73.2. The van der Waals surface area contributed by atoms with Crippen LogP contribution in [0.3, 0.4) is 0 Å². The highest BCUT2D eigenvalue weighted by Gasteiger charge is 2.28. The Morgan fingerprint density at radius 2 is 0.455 bits per heavy atom. The van der Waals surface area contributed by atoms with E-state index in [-0.39, 0.29) is 20.1 Å². The predicted octanol–water partition coefficient (Wildman–Crippen LogP) is 14.7. The molecular formula is C58H36Cl4N2O2. The van der Waals surface area contributed by atoms with Crippen molar-refractivity contribution in [2.45, 2.75) is 0 Å². The Bertz CT molecular complexity index is 2990. The fourth-order valence-electron chi connectivity index (χ4n) is 8.43. The Kier molecular flexibility index (Phi) is 11.9. The van der Waals surface area contributed by atoms with Gasteiger partial charge in [-0.25, -0.2) is 0 Å². The van der Waals surface area contributed by atoms with Gasteiger partial charge in [0.15, 0.2) is 0 Å². The Morgan fingerprint density at radius 1 is 0.242 bits per heavy atom. The maximum Gasteiger partial charge on any atom is 0.219 e. The smallest absolute Gasteiger partial charge is 0.219 e. The molecular weight excluding hydrogens is 898 g/mol. The fraction of sp³-hybridized carbons (Fsp3) is 0. The van der Waals surface area contributed by atoms with Gasteiger partial charge in [-0.3, -0.25) is 0 Å². The highest BCUT2D eigenvalue weighted by molar-refractivity contribution is 6.37. The second-order valence-corrected chi connectivity index (χ2v) is 17.4. The predicted molar refractivity (Wildman–Crippen MR) is 266 cm³/mol. The van der Waals surface area contributed by atoms with Crippen LogP contribution in [0.4, 0.5) is 0 Å². The standard InChI is InChI=1S/C58H36Cl4N2O2/c59-49-33-47(34-50(60)57(49)65)63-53(41-13-5-1-6-14-41)29-45(30-54(63)42-15-7-2-8-16-42)39-25-21-37(22-26-39)38-23-27-40(28-24-38)46-31-55(43-17-9-3-10-18-43)64(48-35-51(61)58(66)52(62)36-48)56(32-46)44-19-11-4-12-20-44/h1-36H. The van der Waals surface area contributed by atoms with Gasteiger partial charge in [0.05, 0.1) is 0 Å². The maximum absolute atomic E-state index is 12.6. The number of hydrogen-bond donors (Lipinski definition) is 0. The van der Waals surface area contributed by atoms with Gasteiger partial charge < -0.3 is 10.2 Å². The lowest BCUT2D eigenvalue weighted by Gasteiger charge is -2.16. The summed E-state index contributed by atoms with van der Waals surface area (Å²) in [5, 5.41) is 25.5. The van der Waals surface area contributed by atoms with Crippen molar-refractivity contribution in [3.63, 3.8) is 0 Å². The largest absolute Gasteiger partial charge is 0.870 e. The molecule has 0 N–H and O–H groups in total. The summed E-state index contributed by atoms with van der Waals surface area (Å²) in [5.74, 6) is -0.803. The van der Waals surface area contributed by atoms with Gasteiger partial charge >= 0.3 is 0 Å². The van der Waals surface area contributed by atoms with Crippen LogP contribution >= 0.6 is 46.4 Å². The van der Waals surface area contributed by atoms with Gasteiger partial charge in [-0.2, -0.15) is 9.13 Å². The van der Waals surface area contributed by atoms with Crippen molar-refractivity contribution in [1.29, 1.82) is 0 Å². The summed E-state index contributed by atoms with van der Waals surface area (Å²) in [6.07, 6.45) is 0. The van der Waals surface area contributed by atoms with E-state index in [1.165, 1.54) is 0 Å². The van der Waals surface area contributed by atoms with Crippen LogP contribution in [0.15, 0.2) is 218 Å². The molecule has 8 heteroatoms. The van der Waals surface area contributed by atoms with Gasteiger partial charge in [-0.05, 0) is 81.9 Å². The van der Waals surface area contributed by atoms with Crippen LogP contribution in [0.2, 0.25) is 20.1 Å². The van der Waals surface area contributed by atoms with E-state index in [4.69, 9.17) is 46.4 Å². The van der Waals surface area contributed by atoms with Crippen LogP contribution in [-0.4, -0.2) is 0 Å². The average Bonchev–Trinajstić information content (AvgIpc) is 3.37. The third-order valence-electron chi connectivity index (χ3n) is 11.7. The van der Waals surface area contributed by atoms with E-state index < -0.39 is 11.5 Å². The van der Waals surface area contributed by atoms with E-state index in [0.29, 0.717) is 11.4 Å². The molecule has 0 aliphatic rings. The van der Waals surface area contributed by atoms with Crippen LogP contribution in [0.5, 0.6) is 11.5 Å². The van der Waals surface area contributed by atoms with Gasteiger partial charge in [-0.15, -0.1) is 0 Å². The van der Waals surface area contributed by atoms with Crippen LogP contribution in [0, 0.1) is 0 Å². The van der Waals surface area contributed by atoms with Crippen LogP contribution in [0.1, 0.15) is 0 Å². The molecule has 0 bridgehead atoms. The Morgan fingerprint density at radius 3 is 0.682 bits per heavy atom. The lowest BCUT2D eigenvalue weighted by molar-refractivity contribution is -0.572. The first-order valence-corrected chi connectivity index (χ1v) is 22.7. The van der Waals surface area contributed by atoms with Crippen molar-refractivity contribution < 1.29 is 19.3 Å². The first-order chi connectivity index (χ1) is 32.2. The molecule has 10 aromatic rings. The summed E-state index contributed by atoms with van der Waals surface area (Å²) in [4.78, 5) is 0. The molecule has 0 radical (unpaired) electrons. The zero-order chi connectivity index (χ0) is 45.3. The van der Waals surface area contributed by atoms with Crippen molar-refractivity contribution in [1.82, 2.24) is 0 Å². The molecule has 0 spiro atoms. The van der Waals surface area contributed by atoms with E-state index in [0.717, 1.165) is 78.4 Å². The molecule has 0 atom stereocenters. The molecule has 0 aliphatic carbocycles. The quantitative estimate of drug-likeness (QED) is 0.135. The molecule has 0 aliphatic heterocycles. The number of benzene rings is 8. The van der Waals surface area contributed by atoms with E-state index in [1.54, 1.807) is 24.3 Å². The Hall–Kier alpha value is -7.18. The summed E-state index contributed by atoms with van der Waals surface area (Å²) < 4.78 is 4.21. The zero-order valence-corrected chi connectivity index (χ0v) is 38.0. The van der Waals surface area contributed by atoms with Gasteiger partial charge in [-0.1, -0.05) is 179 Å². The third-order valence-corrected chi connectivity index (χ3v) is 12.8. The zero-order valence-electron chi connectivity index (χ0n) is 35.0. The first kappa shape index (κ1) is 42.8. The minimum atomic E-state index is -0.402. The van der Waals surface area contributed by atoms with Crippen molar-refractivity contribution in [3.8, 4) is 101 Å². The topological polar surface area (TPSA) is 53.9 Å². The van der Waals surface area contributed by atoms with Gasteiger partial charge in [0, 0.05) is 90.9 Å². The highest BCUT2D eigenvalue weighted by atomic mass is 35.5. The fourth-order valence-corrected chi connectivity index (χ4v) is 9.38. The number of halogens is 4. The minimum absolute atomic E-state index is 0.0572. The van der Waals surface area contributed by atoms with Crippen LogP contribution in [0.25, 0.3) is 89.8 Å². The molecule has 2 heterocycles. The molecule has 0 saturated heterocycles. The monoisotopic (exact) mass is 932 g/mol. The van der Waals surface area contributed by atoms with Crippen molar-refractivity contribution in [2.24, 2.45) is 0 Å². The van der Waals surface area contributed by atoms with Crippen molar-refractivity contribution in [3.05, 3.63) is 238 Å². The maximum atomic E-state index is 12.6. The van der Waals surface area contributed by atoms with Crippen LogP contribution < -0.4 is 19.3 Å². The van der Waals surface area contributed by atoms with Crippen LogP contribution in [-0.2, 0) is 0 Å². The number of aromatic nitrogens is 2. The summed E-state index contributed by atoms with van der Waals surface area (Å²) in [6.45, 7) is 0. The van der Waals surface area contributed by atoms with Gasteiger partial charge in [0.1, 0.15) is 0 Å². The van der Waals surface area contributed by atoms with Crippen molar-refractivity contribution in [2.75, 3.05) is 0 Å². The lowest BCUT2D eigenvalue weighted by atomic mass is 9.95. The van der Waals surface area contributed by atoms with E-state index >= 15 is 0 Å². The minimum Gasteiger partial charge on any atom is -0.870 e. The Balaban J connectivity index is 1.05. The van der Waals surface area contributed by atoms with E-state index in [2.05, 4.69) is 130 Å². The average molecular weight is 935 g/mol. The number of hydrogen-bond acceptors (Lipinski definition) is 2. The molecule has 4 nitrogen and oxygen atoms in total. The lowest BCUT2D eigenvalue weighted by Crippen LogP contribution is -2.36. The summed E-state index contributed by atoms with van der Waals surface area (Å²) in [7, 11) is 0. The summed E-state index contributed by atoms with van der Waals surface area (Å²) in [5.41, 5.74) is 15.2. The number of rotatable bonds is 9. The molecule has 66 heavy (non-hydrogen) atoms. The second-order valence-electron chi connectivity index (χ2n) is 15.8. The third kappa shape index (κ3) is 8.44. The molecule has 318 valence electrons. The molecule has 0 fully saturated rings. The molecule has 2 aromatic heterocycles. The SMILES string of the molecule is [O-]c1c(Cl)cc(-[n+]2c(-c3ccccc3)cc(-c3ccc(-c4ccc(-c5cc(-c6ccccc6)[n+](-c6cc(Cl)c([O-])c(Cl)c6)c(-c6ccccc6)c5)cc4)cc3)cc2-c2ccccc2)cc1Cl. The number of pyridine rings is 2. The van der Waals surface area contributed by atoms with E-state index in [1.807, 2.05) is 72.8 Å². The molecule has 10 rings (SSSR count). The molecule has 0 unspecified atom stereocenters. The first-order valence-electron chi connectivity index (χ1n) is 21.2. The second kappa shape index (κ2) is 18.4. The Labute approximate surface area is 403 Å². The number of nitrogens with zero attached hydrogens (tertiary/aromatic N) is 2. The summed E-state index contributed by atoms with van der Waals surface area (Å²) >= 11 is 25.9. The highest BCUT2D eigenvalue weighted by Crippen LogP contribution is 2.38. The van der Waals surface area contributed by atoms with E-state index in [9.17, 15) is 10.2 Å². The normalized spacial score (nSPS) is 11.2. The molecule has 0 amide bonds.